The smallest absolute Gasteiger partial charge is 0.00533 e. The van der Waals surface area contributed by atoms with E-state index in [1.54, 1.807) is 0 Å². The topological polar surface area (TPSA) is 3.24 Å². The lowest BCUT2D eigenvalue weighted by Gasteiger charge is -2.00. The van der Waals surface area contributed by atoms with Crippen molar-refractivity contribution in [2.45, 2.75) is 6.92 Å². The highest BCUT2D eigenvalue weighted by Gasteiger charge is 1.75. The number of hydrogen-bond donors (Lipinski definition) is 0. The molecule has 0 aliphatic heterocycles. The van der Waals surface area contributed by atoms with Gasteiger partial charge in [-0.15, -0.1) is 0 Å². The summed E-state index contributed by atoms with van der Waals surface area (Å²) >= 11 is 0. The molecular formula is C12H19N. The molecule has 0 heterocycles. The maximum Gasteiger partial charge on any atom is -0.00533 e. The van der Waals surface area contributed by atoms with Crippen LogP contribution in [0.15, 0.2) is 36.9 Å². The van der Waals surface area contributed by atoms with Crippen LogP contribution in [0.2, 0.25) is 0 Å². The molecule has 0 radical (unpaired) electrons. The molecule has 1 aromatic carbocycles. The van der Waals surface area contributed by atoms with Crippen LogP contribution in [0.1, 0.15) is 12.5 Å². The summed E-state index contributed by atoms with van der Waals surface area (Å²) in [6, 6.07) is 10.0. The molecule has 1 nitrogen and oxygen atoms in total. The van der Waals surface area contributed by atoms with Crippen molar-refractivity contribution in [2.75, 3.05) is 20.6 Å². The van der Waals surface area contributed by atoms with Crippen LogP contribution in [-0.2, 0) is 0 Å². The first-order chi connectivity index (χ1) is 6.20. The fourth-order valence-corrected chi connectivity index (χ4v) is 0.589. The van der Waals surface area contributed by atoms with Crippen LogP contribution >= 0.6 is 0 Å². The van der Waals surface area contributed by atoms with Gasteiger partial charge in [0.1, 0.15) is 0 Å². The maximum absolute atomic E-state index is 3.63. The van der Waals surface area contributed by atoms with Gasteiger partial charge in [-0.2, -0.15) is 0 Å². The first-order valence-corrected chi connectivity index (χ1v) is 4.53. The summed E-state index contributed by atoms with van der Waals surface area (Å²) in [5, 5.41) is 0. The third-order valence-corrected chi connectivity index (χ3v) is 1.67. The van der Waals surface area contributed by atoms with Gasteiger partial charge in [0.05, 0.1) is 0 Å². The molecular weight excluding hydrogens is 158 g/mol. The van der Waals surface area contributed by atoms with E-state index in [2.05, 4.69) is 32.5 Å². The van der Waals surface area contributed by atoms with Gasteiger partial charge < -0.3 is 4.90 Å². The van der Waals surface area contributed by atoms with Gasteiger partial charge in [-0.1, -0.05) is 49.9 Å². The lowest BCUT2D eigenvalue weighted by atomic mass is 10.2. The third kappa shape index (κ3) is 7.29. The predicted octanol–water partition coefficient (Wildman–Crippen LogP) is 2.90. The fraction of sp³-hybridized carbons (Fsp3) is 0.333. The highest BCUT2D eigenvalue weighted by Crippen LogP contribution is 1.97. The molecule has 0 saturated carbocycles. The number of nitrogens with zero attached hydrogens (tertiary/aromatic N) is 1. The number of hydrogen-bond acceptors (Lipinski definition) is 1. The summed E-state index contributed by atoms with van der Waals surface area (Å²) in [7, 11) is 4.11. The molecule has 1 heteroatoms. The highest BCUT2D eigenvalue weighted by atomic mass is 15.0. The summed E-state index contributed by atoms with van der Waals surface area (Å²) in [5.41, 5.74) is 1.17. The Labute approximate surface area is 81.7 Å². The average molecular weight is 177 g/mol. The molecule has 1 aromatic rings. The lowest BCUT2D eigenvalue weighted by Crippen LogP contribution is -2.08. The summed E-state index contributed by atoms with van der Waals surface area (Å²) in [6.07, 6.45) is 1.83. The zero-order valence-electron chi connectivity index (χ0n) is 8.83. The second-order valence-electron chi connectivity index (χ2n) is 3.01. The predicted molar refractivity (Wildman–Crippen MR) is 60.8 cm³/mol. The van der Waals surface area contributed by atoms with Crippen molar-refractivity contribution >= 4 is 6.08 Å². The SMILES string of the molecule is C=Cc1ccccc1.CCN(C)C. The molecule has 0 atom stereocenters. The molecule has 0 aliphatic rings. The summed E-state index contributed by atoms with van der Waals surface area (Å²) in [6.45, 7) is 6.89. The van der Waals surface area contributed by atoms with E-state index >= 15 is 0 Å². The Hall–Kier alpha value is -1.08. The third-order valence-electron chi connectivity index (χ3n) is 1.67. The van der Waals surface area contributed by atoms with Crippen molar-refractivity contribution in [3.8, 4) is 0 Å². The van der Waals surface area contributed by atoms with Crippen molar-refractivity contribution in [3.63, 3.8) is 0 Å². The van der Waals surface area contributed by atoms with Crippen LogP contribution < -0.4 is 0 Å². The Morgan fingerprint density at radius 1 is 1.23 bits per heavy atom. The van der Waals surface area contributed by atoms with Crippen LogP contribution in [0.5, 0.6) is 0 Å². The van der Waals surface area contributed by atoms with E-state index in [1.807, 2.05) is 36.4 Å². The monoisotopic (exact) mass is 177 g/mol. The van der Waals surface area contributed by atoms with Gasteiger partial charge in [0.15, 0.2) is 0 Å². The molecule has 0 bridgehead atoms. The minimum Gasteiger partial charge on any atom is -0.310 e. The maximum atomic E-state index is 3.63. The summed E-state index contributed by atoms with van der Waals surface area (Å²) < 4.78 is 0. The zero-order valence-corrected chi connectivity index (χ0v) is 8.83. The molecule has 0 fully saturated rings. The standard InChI is InChI=1S/C8H8.C4H11N/c1-2-8-6-4-3-5-7-8;1-4-5(2)3/h2-7H,1H2;4H2,1-3H3. The Bertz CT molecular complexity index is 214. The van der Waals surface area contributed by atoms with E-state index in [-0.39, 0.29) is 0 Å². The van der Waals surface area contributed by atoms with Crippen molar-refractivity contribution in [1.29, 1.82) is 0 Å². The number of rotatable bonds is 2. The quantitative estimate of drug-likeness (QED) is 0.671. The van der Waals surface area contributed by atoms with E-state index in [9.17, 15) is 0 Å². The van der Waals surface area contributed by atoms with Crippen LogP contribution in [0, 0.1) is 0 Å². The van der Waals surface area contributed by atoms with Crippen LogP contribution in [-0.4, -0.2) is 25.5 Å². The second kappa shape index (κ2) is 7.56. The molecule has 0 N–H and O–H groups in total. The molecule has 0 unspecified atom stereocenters. The molecule has 0 saturated heterocycles. The van der Waals surface area contributed by atoms with Crippen LogP contribution in [0.25, 0.3) is 6.08 Å². The Kier molecular flexibility index (Phi) is 6.93. The van der Waals surface area contributed by atoms with E-state index in [4.69, 9.17) is 0 Å². The summed E-state index contributed by atoms with van der Waals surface area (Å²) in [4.78, 5) is 2.12. The Balaban J connectivity index is 0.000000252. The van der Waals surface area contributed by atoms with Crippen molar-refractivity contribution < 1.29 is 0 Å². The normalized spacial score (nSPS) is 8.92. The van der Waals surface area contributed by atoms with Gasteiger partial charge in [-0.05, 0) is 26.2 Å². The van der Waals surface area contributed by atoms with Gasteiger partial charge in [0.25, 0.3) is 0 Å². The minimum absolute atomic E-state index is 1.14. The van der Waals surface area contributed by atoms with Gasteiger partial charge in [0, 0.05) is 0 Å². The molecule has 13 heavy (non-hydrogen) atoms. The first kappa shape index (κ1) is 11.9. The van der Waals surface area contributed by atoms with Crippen molar-refractivity contribution in [2.24, 2.45) is 0 Å². The van der Waals surface area contributed by atoms with Crippen LogP contribution in [0.3, 0.4) is 0 Å². The van der Waals surface area contributed by atoms with Gasteiger partial charge in [-0.3, -0.25) is 0 Å². The molecule has 72 valence electrons. The van der Waals surface area contributed by atoms with Gasteiger partial charge >= 0.3 is 0 Å². The van der Waals surface area contributed by atoms with Gasteiger partial charge in [-0.25, -0.2) is 0 Å². The molecule has 0 spiro atoms. The fourth-order valence-electron chi connectivity index (χ4n) is 0.589. The molecule has 0 aromatic heterocycles. The highest BCUT2D eigenvalue weighted by molar-refractivity contribution is 5.45. The van der Waals surface area contributed by atoms with E-state index < -0.39 is 0 Å². The minimum atomic E-state index is 1.14. The summed E-state index contributed by atoms with van der Waals surface area (Å²) in [5.74, 6) is 0. The van der Waals surface area contributed by atoms with Gasteiger partial charge in [0.2, 0.25) is 0 Å². The molecule has 0 amide bonds. The second-order valence-corrected chi connectivity index (χ2v) is 3.01. The van der Waals surface area contributed by atoms with Crippen molar-refractivity contribution in [1.82, 2.24) is 4.90 Å². The van der Waals surface area contributed by atoms with E-state index in [0.717, 1.165) is 6.54 Å². The van der Waals surface area contributed by atoms with Crippen molar-refractivity contribution in [3.05, 3.63) is 42.5 Å². The van der Waals surface area contributed by atoms with E-state index in [1.165, 1.54) is 5.56 Å². The first-order valence-electron chi connectivity index (χ1n) is 4.53. The molecule has 0 aliphatic carbocycles. The number of benzene rings is 1. The van der Waals surface area contributed by atoms with E-state index in [0.29, 0.717) is 0 Å². The zero-order chi connectivity index (χ0) is 10.1. The lowest BCUT2D eigenvalue weighted by molar-refractivity contribution is 0.434. The Morgan fingerprint density at radius 2 is 1.69 bits per heavy atom. The van der Waals surface area contributed by atoms with Crippen LogP contribution in [0.4, 0.5) is 0 Å². The molecule has 1 rings (SSSR count). The average Bonchev–Trinajstić information content (AvgIpc) is 2.20. The largest absolute Gasteiger partial charge is 0.310 e. The Morgan fingerprint density at radius 3 is 1.92 bits per heavy atom.